The van der Waals surface area contributed by atoms with Crippen LogP contribution in [0.15, 0.2) is 23.3 Å². The summed E-state index contributed by atoms with van der Waals surface area (Å²) in [5.74, 6) is 0. The normalized spacial score (nSPS) is 10.7. The van der Waals surface area contributed by atoms with Gasteiger partial charge in [0.05, 0.1) is 6.54 Å². The van der Waals surface area contributed by atoms with E-state index in [4.69, 9.17) is 0 Å². The molecule has 0 spiro atoms. The third kappa shape index (κ3) is 3.33. The molecule has 0 amide bonds. The molecule has 13 heavy (non-hydrogen) atoms. The summed E-state index contributed by atoms with van der Waals surface area (Å²) in [5.41, 5.74) is 0.309. The first-order valence-electron chi connectivity index (χ1n) is 3.85. The van der Waals surface area contributed by atoms with Gasteiger partial charge in [0, 0.05) is 30.6 Å². The van der Waals surface area contributed by atoms with Crippen molar-refractivity contribution in [1.82, 2.24) is 10.3 Å². The number of rotatable bonds is 4. The number of hydrogen-bond acceptors (Lipinski definition) is 2. The molecule has 0 radical (unpaired) electrons. The van der Waals surface area contributed by atoms with Crippen LogP contribution in [0.1, 0.15) is 5.56 Å². The Bertz CT molecular complexity index is 311. The van der Waals surface area contributed by atoms with Gasteiger partial charge in [-0.25, -0.2) is 8.78 Å². The molecule has 1 aromatic heterocycles. The summed E-state index contributed by atoms with van der Waals surface area (Å²) in [7, 11) is 0. The van der Waals surface area contributed by atoms with Gasteiger partial charge in [-0.1, -0.05) is 0 Å². The van der Waals surface area contributed by atoms with Crippen LogP contribution in [0.2, 0.25) is 0 Å². The van der Waals surface area contributed by atoms with Crippen LogP contribution in [0.25, 0.3) is 0 Å². The third-order valence-corrected chi connectivity index (χ3v) is 1.52. The number of alkyl halides is 2. The van der Waals surface area contributed by atoms with Gasteiger partial charge in [0.15, 0.2) is 5.43 Å². The lowest BCUT2D eigenvalue weighted by Crippen LogP contribution is -2.23. The summed E-state index contributed by atoms with van der Waals surface area (Å²) >= 11 is 0. The largest absolute Gasteiger partial charge is 0.367 e. The van der Waals surface area contributed by atoms with E-state index in [1.54, 1.807) is 0 Å². The molecule has 0 unspecified atom stereocenters. The topological polar surface area (TPSA) is 44.9 Å². The Morgan fingerprint density at radius 3 is 2.92 bits per heavy atom. The molecule has 1 heterocycles. The van der Waals surface area contributed by atoms with Crippen LogP contribution in [0, 0.1) is 0 Å². The Morgan fingerprint density at radius 2 is 2.31 bits per heavy atom. The number of hydrogen-bond donors (Lipinski definition) is 2. The smallest absolute Gasteiger partial charge is 0.250 e. The number of aromatic nitrogens is 1. The molecule has 2 N–H and O–H groups in total. The summed E-state index contributed by atoms with van der Waals surface area (Å²) < 4.78 is 23.4. The van der Waals surface area contributed by atoms with Crippen molar-refractivity contribution in [2.45, 2.75) is 13.0 Å². The summed E-state index contributed by atoms with van der Waals surface area (Å²) in [6, 6.07) is 1.36. The van der Waals surface area contributed by atoms with E-state index in [1.807, 2.05) is 0 Å². The first kappa shape index (κ1) is 9.85. The molecule has 3 nitrogen and oxygen atoms in total. The lowest BCUT2D eigenvalue weighted by atomic mass is 10.3. The van der Waals surface area contributed by atoms with E-state index >= 15 is 0 Å². The van der Waals surface area contributed by atoms with Crippen LogP contribution < -0.4 is 10.7 Å². The highest BCUT2D eigenvalue weighted by Gasteiger charge is 2.02. The Morgan fingerprint density at radius 1 is 1.54 bits per heavy atom. The monoisotopic (exact) mass is 188 g/mol. The van der Waals surface area contributed by atoms with Gasteiger partial charge in [-0.15, -0.1) is 0 Å². The molecule has 0 saturated heterocycles. The Labute approximate surface area is 73.8 Å². The van der Waals surface area contributed by atoms with E-state index in [0.717, 1.165) is 0 Å². The lowest BCUT2D eigenvalue weighted by Gasteiger charge is -2.02. The zero-order chi connectivity index (χ0) is 9.68. The van der Waals surface area contributed by atoms with E-state index in [-0.39, 0.29) is 12.0 Å². The highest BCUT2D eigenvalue weighted by Crippen LogP contribution is 1.90. The molecular weight excluding hydrogens is 178 g/mol. The SMILES string of the molecule is O=c1cc[nH]cc1CNCC(F)F. The van der Waals surface area contributed by atoms with Crippen molar-refractivity contribution in [3.05, 3.63) is 34.2 Å². The first-order chi connectivity index (χ1) is 6.20. The van der Waals surface area contributed by atoms with Crippen molar-refractivity contribution in [2.24, 2.45) is 0 Å². The minimum atomic E-state index is -2.39. The van der Waals surface area contributed by atoms with Crippen molar-refractivity contribution >= 4 is 0 Å². The van der Waals surface area contributed by atoms with Crippen molar-refractivity contribution in [3.8, 4) is 0 Å². The van der Waals surface area contributed by atoms with Crippen LogP contribution in [-0.4, -0.2) is 18.0 Å². The van der Waals surface area contributed by atoms with Crippen molar-refractivity contribution in [3.63, 3.8) is 0 Å². The standard InChI is InChI=1S/C8H10F2N2O/c9-8(10)5-12-4-6-3-11-2-1-7(6)13/h1-3,8,12H,4-5H2,(H,11,13). The predicted octanol–water partition coefficient (Wildman–Crippen LogP) is 0.730. The molecule has 0 fully saturated rings. The summed E-state index contributed by atoms with van der Waals surface area (Å²) in [5, 5.41) is 2.47. The molecule has 0 aromatic carbocycles. The maximum atomic E-state index is 11.7. The van der Waals surface area contributed by atoms with Gasteiger partial charge in [0.2, 0.25) is 0 Å². The van der Waals surface area contributed by atoms with Gasteiger partial charge >= 0.3 is 0 Å². The fraction of sp³-hybridized carbons (Fsp3) is 0.375. The quantitative estimate of drug-likeness (QED) is 0.731. The molecule has 0 aliphatic rings. The van der Waals surface area contributed by atoms with E-state index in [1.165, 1.54) is 18.5 Å². The van der Waals surface area contributed by atoms with E-state index in [2.05, 4.69) is 10.3 Å². The second kappa shape index (κ2) is 4.71. The predicted molar refractivity (Wildman–Crippen MR) is 44.8 cm³/mol. The zero-order valence-corrected chi connectivity index (χ0v) is 6.89. The molecule has 72 valence electrons. The number of aromatic amines is 1. The van der Waals surface area contributed by atoms with Gasteiger partial charge < -0.3 is 10.3 Å². The zero-order valence-electron chi connectivity index (χ0n) is 6.89. The average molecular weight is 188 g/mol. The van der Waals surface area contributed by atoms with Gasteiger partial charge in [-0.3, -0.25) is 4.79 Å². The average Bonchev–Trinajstić information content (AvgIpc) is 2.08. The molecule has 1 rings (SSSR count). The maximum absolute atomic E-state index is 11.7. The molecule has 0 aliphatic heterocycles. The van der Waals surface area contributed by atoms with Crippen LogP contribution >= 0.6 is 0 Å². The molecule has 5 heteroatoms. The minimum absolute atomic E-state index is 0.152. The minimum Gasteiger partial charge on any atom is -0.367 e. The molecule has 0 atom stereocenters. The number of nitrogens with one attached hydrogen (secondary N) is 2. The Kier molecular flexibility index (Phi) is 3.57. The second-order valence-corrected chi connectivity index (χ2v) is 2.56. The van der Waals surface area contributed by atoms with E-state index in [0.29, 0.717) is 5.56 Å². The summed E-state index contributed by atoms with van der Waals surface area (Å²) in [4.78, 5) is 13.8. The summed E-state index contributed by atoms with van der Waals surface area (Å²) in [6.07, 6.45) is 0.613. The van der Waals surface area contributed by atoms with Crippen molar-refractivity contribution < 1.29 is 8.78 Å². The molecule has 1 aromatic rings. The lowest BCUT2D eigenvalue weighted by molar-refractivity contribution is 0.145. The van der Waals surface area contributed by atoms with Gasteiger partial charge in [-0.2, -0.15) is 0 Å². The van der Waals surface area contributed by atoms with Crippen LogP contribution in [0.3, 0.4) is 0 Å². The Hall–Kier alpha value is -1.23. The van der Waals surface area contributed by atoms with Gasteiger partial charge in [-0.05, 0) is 0 Å². The first-order valence-corrected chi connectivity index (χ1v) is 3.85. The van der Waals surface area contributed by atoms with Crippen molar-refractivity contribution in [1.29, 1.82) is 0 Å². The van der Waals surface area contributed by atoms with Crippen molar-refractivity contribution in [2.75, 3.05) is 6.54 Å². The number of halogens is 2. The van der Waals surface area contributed by atoms with Crippen LogP contribution in [-0.2, 0) is 6.54 Å². The highest BCUT2D eigenvalue weighted by atomic mass is 19.3. The maximum Gasteiger partial charge on any atom is 0.250 e. The fourth-order valence-corrected chi connectivity index (χ4v) is 0.905. The summed E-state index contributed by atoms with van der Waals surface area (Å²) in [6.45, 7) is -0.227. The second-order valence-electron chi connectivity index (χ2n) is 2.56. The third-order valence-electron chi connectivity index (χ3n) is 1.52. The van der Waals surface area contributed by atoms with Gasteiger partial charge in [0.1, 0.15) is 0 Å². The number of H-pyrrole nitrogens is 1. The molecular formula is C8H10F2N2O. The van der Waals surface area contributed by atoms with Crippen LogP contribution in [0.4, 0.5) is 8.78 Å². The van der Waals surface area contributed by atoms with Gasteiger partial charge in [0.25, 0.3) is 6.43 Å². The van der Waals surface area contributed by atoms with E-state index in [9.17, 15) is 13.6 Å². The molecule has 0 saturated carbocycles. The Balaban J connectivity index is 2.46. The van der Waals surface area contributed by atoms with Crippen LogP contribution in [0.5, 0.6) is 0 Å². The van der Waals surface area contributed by atoms with E-state index < -0.39 is 13.0 Å². The molecule has 0 bridgehead atoms. The molecule has 0 aliphatic carbocycles. The number of pyridine rings is 1. The fourth-order valence-electron chi connectivity index (χ4n) is 0.905. The highest BCUT2D eigenvalue weighted by molar-refractivity contribution is 5.08.